The number of halogens is 1. The highest BCUT2D eigenvalue weighted by Crippen LogP contribution is 2.39. The predicted molar refractivity (Wildman–Crippen MR) is 80.1 cm³/mol. The molecule has 2 saturated carbocycles. The summed E-state index contributed by atoms with van der Waals surface area (Å²) in [5.74, 6) is 2.78. The maximum Gasteiger partial charge on any atom is 0.135 e. The van der Waals surface area contributed by atoms with Gasteiger partial charge in [0.15, 0.2) is 0 Å². The summed E-state index contributed by atoms with van der Waals surface area (Å²) in [7, 11) is 0. The van der Waals surface area contributed by atoms with Gasteiger partial charge in [-0.1, -0.05) is 18.5 Å². The maximum absolute atomic E-state index is 10.6. The van der Waals surface area contributed by atoms with Crippen LogP contribution in [0.3, 0.4) is 0 Å². The second-order valence-electron chi connectivity index (χ2n) is 6.47. The lowest BCUT2D eigenvalue weighted by Crippen LogP contribution is -2.40. The standard InChI is InChI=1S/C15H22ClN3O/c1-10-4-6-15(20,7-5-10)9-17-13-8-12(16)18-14(19-13)11-2-3-11/h8,10-11,20H,2-7,9H2,1H3,(H,17,18,19). The number of anilines is 1. The van der Waals surface area contributed by atoms with E-state index in [9.17, 15) is 5.11 Å². The molecule has 0 atom stereocenters. The number of rotatable bonds is 4. The molecule has 0 radical (unpaired) electrons. The highest BCUT2D eigenvalue weighted by atomic mass is 35.5. The minimum absolute atomic E-state index is 0.480. The molecule has 0 aromatic carbocycles. The van der Waals surface area contributed by atoms with Gasteiger partial charge in [-0.05, 0) is 44.4 Å². The van der Waals surface area contributed by atoms with Crippen LogP contribution in [-0.4, -0.2) is 27.2 Å². The number of aromatic nitrogens is 2. The van der Waals surface area contributed by atoms with Gasteiger partial charge in [0, 0.05) is 18.5 Å². The third-order valence-corrected chi connectivity index (χ3v) is 4.65. The summed E-state index contributed by atoms with van der Waals surface area (Å²) >= 11 is 6.04. The van der Waals surface area contributed by atoms with Gasteiger partial charge in [0.1, 0.15) is 16.8 Å². The molecule has 0 aliphatic heterocycles. The Morgan fingerprint density at radius 3 is 2.65 bits per heavy atom. The third-order valence-electron chi connectivity index (χ3n) is 4.46. The molecule has 1 aromatic rings. The summed E-state index contributed by atoms with van der Waals surface area (Å²) in [6.45, 7) is 2.79. The minimum atomic E-state index is -0.607. The first-order valence-electron chi connectivity index (χ1n) is 7.55. The number of nitrogens with zero attached hydrogens (tertiary/aromatic N) is 2. The molecule has 2 aliphatic carbocycles. The molecular formula is C15H22ClN3O. The molecule has 3 rings (SSSR count). The summed E-state index contributed by atoms with van der Waals surface area (Å²) in [5.41, 5.74) is -0.607. The molecule has 0 unspecified atom stereocenters. The normalized spacial score (nSPS) is 30.2. The largest absolute Gasteiger partial charge is 0.388 e. The van der Waals surface area contributed by atoms with Crippen LogP contribution in [0.1, 0.15) is 57.2 Å². The second kappa shape index (κ2) is 5.49. The molecule has 0 saturated heterocycles. The van der Waals surface area contributed by atoms with Crippen LogP contribution in [0.4, 0.5) is 5.82 Å². The SMILES string of the molecule is CC1CCC(O)(CNc2cc(Cl)nc(C3CC3)n2)CC1. The lowest BCUT2D eigenvalue weighted by atomic mass is 9.79. The average molecular weight is 296 g/mol. The van der Waals surface area contributed by atoms with Crippen LogP contribution >= 0.6 is 11.6 Å². The zero-order valence-electron chi connectivity index (χ0n) is 11.9. The Bertz CT molecular complexity index is 482. The summed E-state index contributed by atoms with van der Waals surface area (Å²) in [6.07, 6.45) is 6.21. The Morgan fingerprint density at radius 2 is 2.00 bits per heavy atom. The van der Waals surface area contributed by atoms with Crippen LogP contribution in [0, 0.1) is 5.92 Å². The molecule has 110 valence electrons. The van der Waals surface area contributed by atoms with Crippen molar-refractivity contribution in [2.24, 2.45) is 5.92 Å². The quantitative estimate of drug-likeness (QED) is 0.836. The molecular weight excluding hydrogens is 274 g/mol. The zero-order chi connectivity index (χ0) is 14.2. The van der Waals surface area contributed by atoms with Crippen LogP contribution in [0.5, 0.6) is 0 Å². The first-order valence-corrected chi connectivity index (χ1v) is 7.93. The molecule has 4 nitrogen and oxygen atoms in total. The summed E-state index contributed by atoms with van der Waals surface area (Å²) in [6, 6.07) is 1.74. The van der Waals surface area contributed by atoms with Gasteiger partial charge < -0.3 is 10.4 Å². The first-order chi connectivity index (χ1) is 9.54. The van der Waals surface area contributed by atoms with Gasteiger partial charge in [0.05, 0.1) is 5.60 Å². The van der Waals surface area contributed by atoms with Crippen molar-refractivity contribution >= 4 is 17.4 Å². The maximum atomic E-state index is 10.6. The van der Waals surface area contributed by atoms with E-state index in [4.69, 9.17) is 11.6 Å². The molecule has 0 amide bonds. The Morgan fingerprint density at radius 1 is 1.30 bits per heavy atom. The monoisotopic (exact) mass is 295 g/mol. The van der Waals surface area contributed by atoms with Crippen LogP contribution < -0.4 is 5.32 Å². The van der Waals surface area contributed by atoms with Crippen molar-refractivity contribution in [2.75, 3.05) is 11.9 Å². The molecule has 5 heteroatoms. The topological polar surface area (TPSA) is 58.0 Å². The van der Waals surface area contributed by atoms with Crippen molar-refractivity contribution in [1.82, 2.24) is 9.97 Å². The van der Waals surface area contributed by atoms with Gasteiger partial charge in [-0.25, -0.2) is 9.97 Å². The minimum Gasteiger partial charge on any atom is -0.388 e. The fraction of sp³-hybridized carbons (Fsp3) is 0.733. The van der Waals surface area contributed by atoms with Crippen molar-refractivity contribution in [1.29, 1.82) is 0 Å². The number of nitrogens with one attached hydrogen (secondary N) is 1. The van der Waals surface area contributed by atoms with Crippen molar-refractivity contribution < 1.29 is 5.11 Å². The average Bonchev–Trinajstić information content (AvgIpc) is 3.24. The summed E-state index contributed by atoms with van der Waals surface area (Å²) in [5, 5.41) is 14.3. The van der Waals surface area contributed by atoms with E-state index >= 15 is 0 Å². The Hall–Kier alpha value is -0.870. The lowest BCUT2D eigenvalue weighted by molar-refractivity contribution is 0.00494. The number of aliphatic hydroxyl groups is 1. The van der Waals surface area contributed by atoms with Crippen molar-refractivity contribution in [3.05, 3.63) is 17.0 Å². The van der Waals surface area contributed by atoms with E-state index in [0.717, 1.165) is 56.1 Å². The number of hydrogen-bond acceptors (Lipinski definition) is 4. The second-order valence-corrected chi connectivity index (χ2v) is 6.86. The summed E-state index contributed by atoms with van der Waals surface area (Å²) < 4.78 is 0. The van der Waals surface area contributed by atoms with Gasteiger partial charge in [0.25, 0.3) is 0 Å². The van der Waals surface area contributed by atoms with Gasteiger partial charge >= 0.3 is 0 Å². The van der Waals surface area contributed by atoms with Crippen LogP contribution in [0.15, 0.2) is 6.07 Å². The highest BCUT2D eigenvalue weighted by Gasteiger charge is 2.32. The van der Waals surface area contributed by atoms with Gasteiger partial charge in [0.2, 0.25) is 0 Å². The van der Waals surface area contributed by atoms with E-state index in [1.807, 2.05) is 0 Å². The Balaban J connectivity index is 1.63. The van der Waals surface area contributed by atoms with Crippen molar-refractivity contribution in [2.45, 2.75) is 57.0 Å². The van der Waals surface area contributed by atoms with Gasteiger partial charge in [-0.2, -0.15) is 0 Å². The van der Waals surface area contributed by atoms with E-state index in [-0.39, 0.29) is 0 Å². The Labute approximate surface area is 125 Å². The van der Waals surface area contributed by atoms with Crippen LogP contribution in [0.25, 0.3) is 0 Å². The van der Waals surface area contributed by atoms with Crippen molar-refractivity contribution in [3.63, 3.8) is 0 Å². The fourth-order valence-corrected chi connectivity index (χ4v) is 2.97. The predicted octanol–water partition coefficient (Wildman–Crippen LogP) is 3.36. The van der Waals surface area contributed by atoms with Crippen molar-refractivity contribution in [3.8, 4) is 0 Å². The van der Waals surface area contributed by atoms with E-state index in [1.165, 1.54) is 0 Å². The molecule has 2 aliphatic rings. The highest BCUT2D eigenvalue weighted by molar-refractivity contribution is 6.29. The Kier molecular flexibility index (Phi) is 3.87. The van der Waals surface area contributed by atoms with E-state index in [2.05, 4.69) is 22.2 Å². The molecule has 2 N–H and O–H groups in total. The zero-order valence-corrected chi connectivity index (χ0v) is 12.7. The van der Waals surface area contributed by atoms with Gasteiger partial charge in [-0.15, -0.1) is 0 Å². The lowest BCUT2D eigenvalue weighted by Gasteiger charge is -2.35. The molecule has 1 heterocycles. The van der Waals surface area contributed by atoms with E-state index in [0.29, 0.717) is 17.6 Å². The van der Waals surface area contributed by atoms with Crippen LogP contribution in [0.2, 0.25) is 5.15 Å². The van der Waals surface area contributed by atoms with E-state index < -0.39 is 5.60 Å². The number of hydrogen-bond donors (Lipinski definition) is 2. The van der Waals surface area contributed by atoms with E-state index in [1.54, 1.807) is 6.07 Å². The molecule has 0 bridgehead atoms. The summed E-state index contributed by atoms with van der Waals surface area (Å²) in [4.78, 5) is 8.78. The smallest absolute Gasteiger partial charge is 0.135 e. The van der Waals surface area contributed by atoms with Gasteiger partial charge in [-0.3, -0.25) is 0 Å². The third kappa shape index (κ3) is 3.41. The fourth-order valence-electron chi connectivity index (χ4n) is 2.78. The molecule has 20 heavy (non-hydrogen) atoms. The molecule has 1 aromatic heterocycles. The van der Waals surface area contributed by atoms with Crippen LogP contribution in [-0.2, 0) is 0 Å². The first kappa shape index (κ1) is 14.1. The molecule has 2 fully saturated rings. The molecule has 0 spiro atoms.